The number of esters is 1. The normalized spacial score (nSPS) is 22.3. The Labute approximate surface area is 113 Å². The third-order valence-electron chi connectivity index (χ3n) is 3.24. The van der Waals surface area contributed by atoms with Crippen LogP contribution in [0.15, 0.2) is 48.2 Å². The van der Waals surface area contributed by atoms with E-state index >= 15 is 0 Å². The maximum atomic E-state index is 11.2. The molecule has 0 bridgehead atoms. The van der Waals surface area contributed by atoms with Crippen LogP contribution in [0.25, 0.3) is 6.08 Å². The monoisotopic (exact) mass is 258 g/mol. The smallest absolute Gasteiger partial charge is 0.333 e. The van der Waals surface area contributed by atoms with E-state index in [0.717, 1.165) is 6.42 Å². The zero-order valence-corrected chi connectivity index (χ0v) is 11.2. The van der Waals surface area contributed by atoms with Gasteiger partial charge in [0.05, 0.1) is 20.3 Å². The van der Waals surface area contributed by atoms with Crippen LogP contribution in [0.1, 0.15) is 12.0 Å². The molecule has 0 saturated heterocycles. The van der Waals surface area contributed by atoms with Crippen molar-refractivity contribution < 1.29 is 14.3 Å². The number of benzene rings is 1. The molecule has 3 nitrogen and oxygen atoms in total. The topological polar surface area (TPSA) is 35.5 Å². The second kappa shape index (κ2) is 6.23. The fourth-order valence-corrected chi connectivity index (χ4v) is 2.05. The molecular weight excluding hydrogens is 240 g/mol. The second-order valence-corrected chi connectivity index (χ2v) is 4.55. The molecule has 0 N–H and O–H groups in total. The van der Waals surface area contributed by atoms with Gasteiger partial charge < -0.3 is 9.47 Å². The van der Waals surface area contributed by atoms with Gasteiger partial charge in [0, 0.05) is 5.92 Å². The van der Waals surface area contributed by atoms with Gasteiger partial charge in [-0.25, -0.2) is 4.79 Å². The first-order valence-electron chi connectivity index (χ1n) is 6.31. The first kappa shape index (κ1) is 13.4. The Morgan fingerprint density at radius 1 is 1.21 bits per heavy atom. The number of carbonyl (C=O) groups excluding carboxylic acids is 1. The van der Waals surface area contributed by atoms with Crippen molar-refractivity contribution in [2.24, 2.45) is 11.8 Å². The summed E-state index contributed by atoms with van der Waals surface area (Å²) >= 11 is 0. The van der Waals surface area contributed by atoms with Gasteiger partial charge in [0.1, 0.15) is 5.76 Å². The minimum Gasteiger partial charge on any atom is -0.501 e. The Morgan fingerprint density at radius 3 is 2.58 bits per heavy atom. The molecule has 0 unspecified atom stereocenters. The first-order valence-corrected chi connectivity index (χ1v) is 6.31. The second-order valence-electron chi connectivity index (χ2n) is 4.55. The van der Waals surface area contributed by atoms with Gasteiger partial charge in [0.2, 0.25) is 0 Å². The fraction of sp³-hybridized carbons (Fsp3) is 0.312. The van der Waals surface area contributed by atoms with Crippen LogP contribution >= 0.6 is 0 Å². The van der Waals surface area contributed by atoms with Gasteiger partial charge in [0.15, 0.2) is 0 Å². The van der Waals surface area contributed by atoms with Gasteiger partial charge >= 0.3 is 5.97 Å². The lowest BCUT2D eigenvalue weighted by atomic mass is 10.2. The maximum Gasteiger partial charge on any atom is 0.333 e. The van der Waals surface area contributed by atoms with Crippen LogP contribution < -0.4 is 0 Å². The van der Waals surface area contributed by atoms with Crippen molar-refractivity contribution in [1.29, 1.82) is 0 Å². The van der Waals surface area contributed by atoms with Crippen LogP contribution in [0.4, 0.5) is 0 Å². The fourth-order valence-electron chi connectivity index (χ4n) is 2.05. The third-order valence-corrected chi connectivity index (χ3v) is 3.24. The van der Waals surface area contributed by atoms with Crippen LogP contribution in [-0.2, 0) is 14.3 Å². The lowest BCUT2D eigenvalue weighted by molar-refractivity contribution is -0.135. The molecule has 0 amide bonds. The van der Waals surface area contributed by atoms with E-state index in [1.165, 1.54) is 18.7 Å². The van der Waals surface area contributed by atoms with Crippen LogP contribution in [-0.4, -0.2) is 20.2 Å². The highest BCUT2D eigenvalue weighted by molar-refractivity contribution is 5.82. The van der Waals surface area contributed by atoms with E-state index < -0.39 is 0 Å². The number of rotatable bonds is 5. The molecule has 1 aromatic rings. The van der Waals surface area contributed by atoms with Gasteiger partial charge in [0.25, 0.3) is 0 Å². The number of allylic oxidation sites excluding steroid dienone is 2. The maximum absolute atomic E-state index is 11.2. The highest BCUT2D eigenvalue weighted by Crippen LogP contribution is 2.45. The molecule has 1 saturated carbocycles. The van der Waals surface area contributed by atoms with E-state index in [1.807, 2.05) is 18.2 Å². The number of ether oxygens (including phenoxy) is 2. The predicted octanol–water partition coefficient (Wildman–Crippen LogP) is 3.04. The Hall–Kier alpha value is -2.03. The van der Waals surface area contributed by atoms with Gasteiger partial charge in [-0.15, -0.1) is 0 Å². The van der Waals surface area contributed by atoms with E-state index in [4.69, 9.17) is 4.74 Å². The van der Waals surface area contributed by atoms with Crippen molar-refractivity contribution in [3.05, 3.63) is 53.8 Å². The Kier molecular flexibility index (Phi) is 4.39. The number of hydrogen-bond donors (Lipinski definition) is 0. The van der Waals surface area contributed by atoms with Crippen LogP contribution in [0.3, 0.4) is 0 Å². The van der Waals surface area contributed by atoms with Crippen molar-refractivity contribution >= 4 is 12.0 Å². The van der Waals surface area contributed by atoms with Crippen molar-refractivity contribution in [3.63, 3.8) is 0 Å². The molecule has 0 spiro atoms. The van der Waals surface area contributed by atoms with Crippen LogP contribution in [0.5, 0.6) is 0 Å². The van der Waals surface area contributed by atoms with Crippen molar-refractivity contribution in [1.82, 2.24) is 0 Å². The largest absolute Gasteiger partial charge is 0.501 e. The van der Waals surface area contributed by atoms with Crippen molar-refractivity contribution in [2.45, 2.75) is 6.42 Å². The molecule has 2 rings (SSSR count). The Balaban J connectivity index is 1.95. The highest BCUT2D eigenvalue weighted by Gasteiger charge is 2.39. The summed E-state index contributed by atoms with van der Waals surface area (Å²) in [5.74, 6) is 1.07. The molecule has 1 aliphatic rings. The summed E-state index contributed by atoms with van der Waals surface area (Å²) in [7, 11) is 2.96. The summed E-state index contributed by atoms with van der Waals surface area (Å²) in [5, 5.41) is 0. The Morgan fingerprint density at radius 2 is 1.95 bits per heavy atom. The minimum absolute atomic E-state index is 0.295. The molecule has 3 heteroatoms. The van der Waals surface area contributed by atoms with Crippen molar-refractivity contribution in [3.8, 4) is 0 Å². The zero-order chi connectivity index (χ0) is 13.7. The summed E-state index contributed by atoms with van der Waals surface area (Å²) in [5.41, 5.74) is 1.18. The molecule has 0 aliphatic heterocycles. The van der Waals surface area contributed by atoms with Crippen LogP contribution in [0.2, 0.25) is 0 Å². The standard InChI is InChI=1S/C16H18O3/c1-18-15(11-16(17)19-2)14-10-13(14)9-8-12-6-4-3-5-7-12/h3-9,11,13-14H,10H2,1-2H3/b9-8+,15-11+/t13-,14+/m0/s1. The highest BCUT2D eigenvalue weighted by atomic mass is 16.5. The average molecular weight is 258 g/mol. The van der Waals surface area contributed by atoms with E-state index in [2.05, 4.69) is 29.0 Å². The lowest BCUT2D eigenvalue weighted by Crippen LogP contribution is -2.00. The molecule has 0 heterocycles. The number of methoxy groups -OCH3 is 2. The van der Waals surface area contributed by atoms with E-state index in [9.17, 15) is 4.79 Å². The molecule has 100 valence electrons. The molecule has 1 fully saturated rings. The van der Waals surface area contributed by atoms with Crippen molar-refractivity contribution in [2.75, 3.05) is 14.2 Å². The molecule has 19 heavy (non-hydrogen) atoms. The summed E-state index contributed by atoms with van der Waals surface area (Å²) in [4.78, 5) is 11.2. The summed E-state index contributed by atoms with van der Waals surface area (Å²) in [6.45, 7) is 0. The predicted molar refractivity (Wildman–Crippen MR) is 74.2 cm³/mol. The van der Waals surface area contributed by atoms with Gasteiger partial charge in [-0.1, -0.05) is 42.5 Å². The lowest BCUT2D eigenvalue weighted by Gasteiger charge is -2.03. The average Bonchev–Trinajstić information content (AvgIpc) is 3.23. The first-order chi connectivity index (χ1) is 9.24. The molecule has 1 aliphatic carbocycles. The van der Waals surface area contributed by atoms with Gasteiger partial charge in [-0.2, -0.15) is 0 Å². The minimum atomic E-state index is -0.366. The van der Waals surface area contributed by atoms with E-state index in [1.54, 1.807) is 7.11 Å². The van der Waals surface area contributed by atoms with E-state index in [0.29, 0.717) is 17.6 Å². The van der Waals surface area contributed by atoms with E-state index in [-0.39, 0.29) is 5.97 Å². The summed E-state index contributed by atoms with van der Waals surface area (Å²) < 4.78 is 9.87. The molecule has 2 atom stereocenters. The zero-order valence-electron chi connectivity index (χ0n) is 11.2. The summed E-state index contributed by atoms with van der Waals surface area (Å²) in [6.07, 6.45) is 6.72. The number of carbonyl (C=O) groups is 1. The Bertz CT molecular complexity index is 488. The third kappa shape index (κ3) is 3.71. The number of hydrogen-bond acceptors (Lipinski definition) is 3. The quantitative estimate of drug-likeness (QED) is 0.462. The van der Waals surface area contributed by atoms with Crippen LogP contribution in [0, 0.1) is 11.8 Å². The summed E-state index contributed by atoms with van der Waals surface area (Å²) in [6, 6.07) is 10.2. The molecule has 0 radical (unpaired) electrons. The molecular formula is C16H18O3. The molecule has 0 aromatic heterocycles. The van der Waals surface area contributed by atoms with Gasteiger partial charge in [-0.3, -0.25) is 0 Å². The molecule has 1 aromatic carbocycles. The van der Waals surface area contributed by atoms with Gasteiger partial charge in [-0.05, 0) is 17.9 Å². The SMILES string of the molecule is COC(=O)/C=C(/OC)[C@@H]1C[C@@H]1/C=C/c1ccccc1.